The maximum Gasteiger partial charge on any atom is 0.234 e. The van der Waals surface area contributed by atoms with Gasteiger partial charge in [-0.25, -0.2) is 0 Å². The van der Waals surface area contributed by atoms with E-state index in [1.165, 1.54) is 17.3 Å². The third kappa shape index (κ3) is 4.11. The van der Waals surface area contributed by atoms with Crippen LogP contribution in [-0.2, 0) is 17.8 Å². The van der Waals surface area contributed by atoms with Crippen molar-refractivity contribution in [1.29, 1.82) is 0 Å². The SMILES string of the molecule is C=CCn1c(N)nnc1SCC(=O)Nc1ccc(CC)cc1. The molecule has 1 aromatic carbocycles. The zero-order valence-electron chi connectivity index (χ0n) is 12.5. The lowest BCUT2D eigenvalue weighted by Crippen LogP contribution is -2.14. The summed E-state index contributed by atoms with van der Waals surface area (Å²) in [4.78, 5) is 12.0. The van der Waals surface area contributed by atoms with Crippen molar-refractivity contribution in [2.45, 2.75) is 25.0 Å². The van der Waals surface area contributed by atoms with E-state index in [-0.39, 0.29) is 11.7 Å². The Balaban J connectivity index is 1.91. The van der Waals surface area contributed by atoms with E-state index in [0.717, 1.165) is 12.1 Å². The van der Waals surface area contributed by atoms with Crippen molar-refractivity contribution in [1.82, 2.24) is 14.8 Å². The number of nitrogens with one attached hydrogen (secondary N) is 1. The Kier molecular flexibility index (Phi) is 5.60. The normalized spacial score (nSPS) is 10.4. The van der Waals surface area contributed by atoms with Gasteiger partial charge in [0.05, 0.1) is 5.75 Å². The summed E-state index contributed by atoms with van der Waals surface area (Å²) in [6, 6.07) is 7.81. The Morgan fingerprint density at radius 2 is 2.14 bits per heavy atom. The number of hydrogen-bond acceptors (Lipinski definition) is 5. The number of rotatable bonds is 7. The predicted molar refractivity (Wildman–Crippen MR) is 89.8 cm³/mol. The number of hydrogen-bond donors (Lipinski definition) is 2. The molecule has 2 rings (SSSR count). The van der Waals surface area contributed by atoms with E-state index >= 15 is 0 Å². The van der Waals surface area contributed by atoms with Crippen LogP contribution in [0.4, 0.5) is 11.6 Å². The van der Waals surface area contributed by atoms with E-state index in [4.69, 9.17) is 5.73 Å². The zero-order valence-corrected chi connectivity index (χ0v) is 13.3. The fourth-order valence-corrected chi connectivity index (χ4v) is 2.61. The minimum Gasteiger partial charge on any atom is -0.368 e. The van der Waals surface area contributed by atoms with Crippen LogP contribution in [0.15, 0.2) is 42.1 Å². The predicted octanol–water partition coefficient (Wildman–Crippen LogP) is 2.34. The number of thioether (sulfide) groups is 1. The molecule has 0 atom stereocenters. The quantitative estimate of drug-likeness (QED) is 0.605. The molecule has 0 unspecified atom stereocenters. The number of allylic oxidation sites excluding steroid dienone is 1. The van der Waals surface area contributed by atoms with Crippen molar-refractivity contribution in [2.75, 3.05) is 16.8 Å². The van der Waals surface area contributed by atoms with Gasteiger partial charge in [-0.3, -0.25) is 9.36 Å². The average Bonchev–Trinajstić information content (AvgIpc) is 2.87. The minimum absolute atomic E-state index is 0.0963. The molecule has 0 saturated heterocycles. The van der Waals surface area contributed by atoms with Crippen LogP contribution in [0.1, 0.15) is 12.5 Å². The summed E-state index contributed by atoms with van der Waals surface area (Å²) >= 11 is 1.29. The molecule has 22 heavy (non-hydrogen) atoms. The molecule has 1 amide bonds. The number of nitrogen functional groups attached to an aromatic ring is 1. The van der Waals surface area contributed by atoms with Gasteiger partial charge in [-0.2, -0.15) is 0 Å². The Labute approximate surface area is 133 Å². The van der Waals surface area contributed by atoms with Gasteiger partial charge in [0.25, 0.3) is 0 Å². The van der Waals surface area contributed by atoms with E-state index in [1.54, 1.807) is 10.6 Å². The second-order valence-corrected chi connectivity index (χ2v) is 5.57. The third-order valence-corrected chi connectivity index (χ3v) is 4.00. The van der Waals surface area contributed by atoms with Crippen molar-refractivity contribution >= 4 is 29.3 Å². The molecule has 0 radical (unpaired) electrons. The van der Waals surface area contributed by atoms with Crippen molar-refractivity contribution in [2.24, 2.45) is 0 Å². The molecule has 116 valence electrons. The first-order valence-electron chi connectivity index (χ1n) is 6.95. The first-order chi connectivity index (χ1) is 10.6. The molecule has 7 heteroatoms. The van der Waals surface area contributed by atoms with E-state index < -0.39 is 0 Å². The highest BCUT2D eigenvalue weighted by Crippen LogP contribution is 2.18. The lowest BCUT2D eigenvalue weighted by atomic mass is 10.1. The summed E-state index contributed by atoms with van der Waals surface area (Å²) in [5.41, 5.74) is 7.74. The Morgan fingerprint density at radius 1 is 1.41 bits per heavy atom. The van der Waals surface area contributed by atoms with Gasteiger partial charge in [-0.15, -0.1) is 16.8 Å². The zero-order chi connectivity index (χ0) is 15.9. The molecule has 1 aromatic heterocycles. The molecular weight excluding hydrogens is 298 g/mol. The van der Waals surface area contributed by atoms with Crippen LogP contribution in [0, 0.1) is 0 Å². The van der Waals surface area contributed by atoms with E-state index in [0.29, 0.717) is 17.6 Å². The van der Waals surface area contributed by atoms with Gasteiger partial charge in [0.15, 0.2) is 5.16 Å². The van der Waals surface area contributed by atoms with E-state index in [1.807, 2.05) is 24.3 Å². The van der Waals surface area contributed by atoms with Crippen molar-refractivity contribution in [3.63, 3.8) is 0 Å². The number of anilines is 2. The molecule has 0 aliphatic carbocycles. The lowest BCUT2D eigenvalue weighted by Gasteiger charge is -2.07. The summed E-state index contributed by atoms with van der Waals surface area (Å²) in [6.07, 6.45) is 2.68. The van der Waals surface area contributed by atoms with Crippen LogP contribution in [-0.4, -0.2) is 26.4 Å². The molecule has 0 saturated carbocycles. The van der Waals surface area contributed by atoms with Crippen LogP contribution in [0.5, 0.6) is 0 Å². The number of aryl methyl sites for hydroxylation is 1. The maximum atomic E-state index is 12.0. The Morgan fingerprint density at radius 3 is 2.77 bits per heavy atom. The molecule has 6 nitrogen and oxygen atoms in total. The van der Waals surface area contributed by atoms with Crippen LogP contribution >= 0.6 is 11.8 Å². The number of carbonyl (C=O) groups excluding carboxylic acids is 1. The first kappa shape index (κ1) is 16.1. The summed E-state index contributed by atoms with van der Waals surface area (Å²) in [6.45, 7) is 6.27. The van der Waals surface area contributed by atoms with Gasteiger partial charge >= 0.3 is 0 Å². The lowest BCUT2D eigenvalue weighted by molar-refractivity contribution is -0.113. The highest BCUT2D eigenvalue weighted by atomic mass is 32.2. The summed E-state index contributed by atoms with van der Waals surface area (Å²) in [5, 5.41) is 11.2. The molecule has 0 aliphatic heterocycles. The van der Waals surface area contributed by atoms with Crippen LogP contribution in [0.2, 0.25) is 0 Å². The van der Waals surface area contributed by atoms with Gasteiger partial charge in [-0.05, 0) is 24.1 Å². The number of amides is 1. The molecule has 0 aliphatic rings. The third-order valence-electron chi connectivity index (χ3n) is 3.04. The molecule has 3 N–H and O–H groups in total. The molecule has 0 bridgehead atoms. The standard InChI is InChI=1S/C15H19N5OS/c1-3-9-20-14(16)18-19-15(20)22-10-13(21)17-12-7-5-11(4-2)6-8-12/h3,5-8H,1,4,9-10H2,2H3,(H2,16,18)(H,17,21). The number of benzene rings is 1. The number of aromatic nitrogens is 3. The Hall–Kier alpha value is -2.28. The smallest absolute Gasteiger partial charge is 0.234 e. The van der Waals surface area contributed by atoms with E-state index in [2.05, 4.69) is 29.0 Å². The minimum atomic E-state index is -0.0963. The second kappa shape index (κ2) is 7.65. The van der Waals surface area contributed by atoms with Crippen LogP contribution in [0.25, 0.3) is 0 Å². The summed E-state index contributed by atoms with van der Waals surface area (Å²) in [5.74, 6) is 0.462. The Bertz CT molecular complexity index is 650. The number of carbonyl (C=O) groups is 1. The first-order valence-corrected chi connectivity index (χ1v) is 7.93. The van der Waals surface area contributed by atoms with Crippen molar-refractivity contribution in [3.8, 4) is 0 Å². The fourth-order valence-electron chi connectivity index (χ4n) is 1.86. The average molecular weight is 317 g/mol. The van der Waals surface area contributed by atoms with Crippen LogP contribution < -0.4 is 11.1 Å². The van der Waals surface area contributed by atoms with Gasteiger partial charge < -0.3 is 11.1 Å². The molecular formula is C15H19N5OS. The van der Waals surface area contributed by atoms with Gasteiger partial charge in [0, 0.05) is 12.2 Å². The largest absolute Gasteiger partial charge is 0.368 e. The molecule has 0 fully saturated rings. The highest BCUT2D eigenvalue weighted by Gasteiger charge is 2.11. The number of nitrogens with two attached hydrogens (primary N) is 1. The number of nitrogens with zero attached hydrogens (tertiary/aromatic N) is 3. The fraction of sp³-hybridized carbons (Fsp3) is 0.267. The highest BCUT2D eigenvalue weighted by molar-refractivity contribution is 7.99. The summed E-state index contributed by atoms with van der Waals surface area (Å²) in [7, 11) is 0. The summed E-state index contributed by atoms with van der Waals surface area (Å²) < 4.78 is 1.71. The van der Waals surface area contributed by atoms with Crippen molar-refractivity contribution < 1.29 is 4.79 Å². The van der Waals surface area contributed by atoms with Gasteiger partial charge in [0.2, 0.25) is 11.9 Å². The second-order valence-electron chi connectivity index (χ2n) is 4.63. The van der Waals surface area contributed by atoms with Gasteiger partial charge in [-0.1, -0.05) is 36.9 Å². The van der Waals surface area contributed by atoms with Crippen LogP contribution in [0.3, 0.4) is 0 Å². The van der Waals surface area contributed by atoms with E-state index in [9.17, 15) is 4.79 Å². The van der Waals surface area contributed by atoms with Gasteiger partial charge in [0.1, 0.15) is 0 Å². The molecule has 2 aromatic rings. The topological polar surface area (TPSA) is 85.8 Å². The van der Waals surface area contributed by atoms with Crippen molar-refractivity contribution in [3.05, 3.63) is 42.5 Å². The molecule has 1 heterocycles. The molecule has 0 spiro atoms. The maximum absolute atomic E-state index is 12.0. The monoisotopic (exact) mass is 317 g/mol.